The van der Waals surface area contributed by atoms with Crippen LogP contribution in [0.3, 0.4) is 0 Å². The smallest absolute Gasteiger partial charge is 0.135 e. The Balaban J connectivity index is 0.00000350. The number of aromatic nitrogens is 2. The van der Waals surface area contributed by atoms with Crippen molar-refractivity contribution in [3.8, 4) is 17.3 Å². The molecular weight excluding hydrogens is 976 g/mol. The molecule has 7 aromatic rings. The molecule has 344 valence electrons. The molecule has 0 saturated heterocycles. The van der Waals surface area contributed by atoms with Crippen LogP contribution in [0.5, 0.6) is 11.5 Å². The van der Waals surface area contributed by atoms with Crippen molar-refractivity contribution in [3.63, 3.8) is 0 Å². The molecule has 0 saturated carbocycles. The SMILES string of the molecule is CC(C)(C)c1ccc(C2=CN(c3cc(C(C)(C)C)cc(C(C)(C)C)c3)CN2c2[c-]c(Oc3[c-]c4c(cc3)c3ccccc3n4-c3cc(C(C)(C)C)ccn3)cc(C(C)(C)C)c2)cc1.[CH3-].[Pt]. The minimum absolute atomic E-state index is 0. The fourth-order valence-corrected chi connectivity index (χ4v) is 8.32. The Labute approximate surface area is 405 Å². The molecule has 6 heteroatoms. The van der Waals surface area contributed by atoms with E-state index in [0.29, 0.717) is 18.2 Å². The second-order valence-corrected chi connectivity index (χ2v) is 22.7. The van der Waals surface area contributed by atoms with E-state index in [1.807, 2.05) is 12.3 Å². The molecule has 1 aliphatic heterocycles. The number of fused-ring (bicyclic) bond motifs is 3. The molecule has 2 aromatic heterocycles. The van der Waals surface area contributed by atoms with Crippen molar-refractivity contribution in [3.05, 3.63) is 168 Å². The molecule has 65 heavy (non-hydrogen) atoms. The molecule has 1 aliphatic rings. The van der Waals surface area contributed by atoms with E-state index in [9.17, 15) is 0 Å². The fraction of sp³-hybridized carbons (Fsp3) is 0.356. The largest absolute Gasteiger partial charge is 0.509 e. The molecule has 5 aromatic carbocycles. The zero-order valence-corrected chi connectivity index (χ0v) is 44.0. The van der Waals surface area contributed by atoms with Gasteiger partial charge in [0.05, 0.1) is 12.4 Å². The van der Waals surface area contributed by atoms with Crippen molar-refractivity contribution >= 4 is 38.9 Å². The minimum atomic E-state index is -0.161. The average molecular weight is 1050 g/mol. The van der Waals surface area contributed by atoms with Gasteiger partial charge in [-0.1, -0.05) is 164 Å². The predicted molar refractivity (Wildman–Crippen MR) is 273 cm³/mol. The van der Waals surface area contributed by atoms with Crippen LogP contribution in [0, 0.1) is 19.6 Å². The predicted octanol–water partition coefficient (Wildman–Crippen LogP) is 15.8. The summed E-state index contributed by atoms with van der Waals surface area (Å²) in [5, 5.41) is 2.25. The van der Waals surface area contributed by atoms with Gasteiger partial charge < -0.3 is 26.5 Å². The Hall–Kier alpha value is -5.12. The van der Waals surface area contributed by atoms with Crippen LogP contribution in [-0.2, 0) is 48.1 Å². The molecular formula is C59H69N4OPt-3. The number of rotatable bonds is 6. The maximum Gasteiger partial charge on any atom is 0.135 e. The first-order chi connectivity index (χ1) is 29.3. The summed E-state index contributed by atoms with van der Waals surface area (Å²) < 4.78 is 9.11. The summed E-state index contributed by atoms with van der Waals surface area (Å²) in [6.07, 6.45) is 4.24. The van der Waals surface area contributed by atoms with Crippen LogP contribution in [0.25, 0.3) is 33.3 Å². The third-order valence-electron chi connectivity index (χ3n) is 12.5. The molecule has 0 radical (unpaired) electrons. The van der Waals surface area contributed by atoms with Gasteiger partial charge in [-0.2, -0.15) is 6.07 Å². The normalized spacial score (nSPS) is 13.8. The van der Waals surface area contributed by atoms with E-state index in [1.54, 1.807) is 0 Å². The first-order valence-corrected chi connectivity index (χ1v) is 22.6. The molecule has 0 bridgehead atoms. The maximum atomic E-state index is 6.89. The second-order valence-electron chi connectivity index (χ2n) is 22.7. The summed E-state index contributed by atoms with van der Waals surface area (Å²) in [5.41, 5.74) is 12.6. The van der Waals surface area contributed by atoms with Crippen LogP contribution >= 0.6 is 0 Å². The van der Waals surface area contributed by atoms with E-state index in [1.165, 1.54) is 27.9 Å². The summed E-state index contributed by atoms with van der Waals surface area (Å²) in [6.45, 7) is 34.7. The van der Waals surface area contributed by atoms with Crippen molar-refractivity contribution in [1.29, 1.82) is 0 Å². The molecule has 0 aliphatic carbocycles. The number of para-hydroxylation sites is 1. The monoisotopic (exact) mass is 1040 g/mol. The van der Waals surface area contributed by atoms with Gasteiger partial charge >= 0.3 is 0 Å². The summed E-state index contributed by atoms with van der Waals surface area (Å²) >= 11 is 0. The van der Waals surface area contributed by atoms with Crippen molar-refractivity contribution in [2.24, 2.45) is 0 Å². The average Bonchev–Trinajstić information content (AvgIpc) is 3.79. The van der Waals surface area contributed by atoms with Crippen LogP contribution < -0.4 is 14.5 Å². The van der Waals surface area contributed by atoms with Gasteiger partial charge in [0.1, 0.15) is 5.82 Å². The van der Waals surface area contributed by atoms with Gasteiger partial charge in [0.2, 0.25) is 0 Å². The number of ether oxygens (including phenoxy) is 1. The number of nitrogens with zero attached hydrogens (tertiary/aromatic N) is 4. The number of hydrogen-bond acceptors (Lipinski definition) is 4. The third-order valence-corrected chi connectivity index (χ3v) is 12.5. The van der Waals surface area contributed by atoms with E-state index >= 15 is 0 Å². The zero-order chi connectivity index (χ0) is 45.4. The van der Waals surface area contributed by atoms with Gasteiger partial charge in [0, 0.05) is 56.2 Å². The van der Waals surface area contributed by atoms with Gasteiger partial charge in [0.15, 0.2) is 0 Å². The number of pyridine rings is 1. The van der Waals surface area contributed by atoms with Crippen molar-refractivity contribution < 1.29 is 25.8 Å². The Bertz CT molecular complexity index is 2830. The standard InChI is InChI=1S/C58H66N4O.CH3.Pt/c1-54(2,3)39-22-20-38(21-23-39)52-36-60(44-29-41(56(7,8)9)28-42(30-44)57(10,11)12)37-61(52)45-31-43(58(13,14)15)32-47(34-45)63-46-24-25-49-48-18-16-17-19-50(48)62(51(49)35-46)53-33-40(26-27-59-53)55(4,5)6;;/h16-33,36H,37H2,1-15H3;1H3;/q-2;-1;. The molecule has 3 heterocycles. The Kier molecular flexibility index (Phi) is 13.3. The van der Waals surface area contributed by atoms with Crippen LogP contribution in [0.15, 0.2) is 116 Å². The van der Waals surface area contributed by atoms with E-state index in [0.717, 1.165) is 50.1 Å². The van der Waals surface area contributed by atoms with Crippen LogP contribution in [0.4, 0.5) is 11.4 Å². The van der Waals surface area contributed by atoms with Gasteiger partial charge in [-0.25, -0.2) is 4.98 Å². The van der Waals surface area contributed by atoms with E-state index in [2.05, 4.69) is 234 Å². The molecule has 5 nitrogen and oxygen atoms in total. The zero-order valence-electron chi connectivity index (χ0n) is 41.7. The van der Waals surface area contributed by atoms with E-state index in [4.69, 9.17) is 9.72 Å². The number of benzene rings is 5. The second kappa shape index (κ2) is 17.6. The van der Waals surface area contributed by atoms with Crippen LogP contribution in [0.1, 0.15) is 137 Å². The molecule has 0 N–H and O–H groups in total. The van der Waals surface area contributed by atoms with Gasteiger partial charge in [-0.05, 0) is 90.6 Å². The fourth-order valence-electron chi connectivity index (χ4n) is 8.32. The molecule has 0 unspecified atom stereocenters. The molecule has 8 rings (SSSR count). The Morgan fingerprint density at radius 2 is 1.12 bits per heavy atom. The topological polar surface area (TPSA) is 33.5 Å². The summed E-state index contributed by atoms with van der Waals surface area (Å²) in [6, 6.07) is 45.1. The summed E-state index contributed by atoms with van der Waals surface area (Å²) in [4.78, 5) is 9.69. The molecule has 0 fully saturated rings. The van der Waals surface area contributed by atoms with Gasteiger partial charge in [0.25, 0.3) is 0 Å². The van der Waals surface area contributed by atoms with Crippen LogP contribution in [0.2, 0.25) is 0 Å². The summed E-state index contributed by atoms with van der Waals surface area (Å²) in [5.74, 6) is 2.13. The Morgan fingerprint density at radius 1 is 0.538 bits per heavy atom. The summed E-state index contributed by atoms with van der Waals surface area (Å²) in [7, 11) is 0. The molecule has 0 atom stereocenters. The minimum Gasteiger partial charge on any atom is -0.509 e. The van der Waals surface area contributed by atoms with Gasteiger partial charge in [-0.15, -0.1) is 41.3 Å². The maximum absolute atomic E-state index is 6.89. The van der Waals surface area contributed by atoms with Crippen molar-refractivity contribution in [2.75, 3.05) is 16.5 Å². The molecule has 0 spiro atoms. The number of hydrogen-bond donors (Lipinski definition) is 0. The van der Waals surface area contributed by atoms with E-state index < -0.39 is 0 Å². The number of anilines is 2. The van der Waals surface area contributed by atoms with Gasteiger partial charge in [-0.3, -0.25) is 0 Å². The molecule has 0 amide bonds. The third kappa shape index (κ3) is 10.2. The van der Waals surface area contributed by atoms with Crippen LogP contribution in [-0.4, -0.2) is 16.2 Å². The first-order valence-electron chi connectivity index (χ1n) is 22.6. The van der Waals surface area contributed by atoms with Crippen molar-refractivity contribution in [2.45, 2.75) is 131 Å². The quantitative estimate of drug-likeness (QED) is 0.155. The van der Waals surface area contributed by atoms with Crippen molar-refractivity contribution in [1.82, 2.24) is 9.55 Å². The Morgan fingerprint density at radius 3 is 1.72 bits per heavy atom. The van der Waals surface area contributed by atoms with E-state index in [-0.39, 0.29) is 55.6 Å². The first kappa shape index (κ1) is 49.3.